The fraction of sp³-hybridized carbons (Fsp3) is 0.500. The molecule has 0 saturated heterocycles. The normalized spacial score (nSPS) is 21.9. The van der Waals surface area contributed by atoms with E-state index in [1.807, 2.05) is 19.1 Å². The Hall–Kier alpha value is -2.29. The summed E-state index contributed by atoms with van der Waals surface area (Å²) >= 11 is 0. The molecule has 0 atom stereocenters. The summed E-state index contributed by atoms with van der Waals surface area (Å²) < 4.78 is 0. The Morgan fingerprint density at radius 2 is 1.76 bits per heavy atom. The molecule has 1 N–H and O–H groups in total. The van der Waals surface area contributed by atoms with Gasteiger partial charge in [-0.3, -0.25) is 0 Å². The molecule has 1 aromatic carbocycles. The zero-order chi connectivity index (χ0) is 21.4. The molecule has 0 fully saturated rings. The number of hydrogen-bond donors (Lipinski definition) is 1. The molecule has 0 amide bonds. The lowest BCUT2D eigenvalue weighted by Crippen LogP contribution is -2.36. The lowest BCUT2D eigenvalue weighted by Gasteiger charge is -2.44. The third-order valence-electron chi connectivity index (χ3n) is 6.70. The van der Waals surface area contributed by atoms with Crippen LogP contribution in [0.1, 0.15) is 77.5 Å². The van der Waals surface area contributed by atoms with Crippen molar-refractivity contribution in [3.63, 3.8) is 0 Å². The van der Waals surface area contributed by atoms with E-state index in [2.05, 4.69) is 57.7 Å². The van der Waals surface area contributed by atoms with Crippen molar-refractivity contribution in [2.45, 2.75) is 71.6 Å². The van der Waals surface area contributed by atoms with Gasteiger partial charge in [-0.2, -0.15) is 0 Å². The minimum atomic E-state index is -0.905. The van der Waals surface area contributed by atoms with Gasteiger partial charge in [0.05, 0.1) is 0 Å². The van der Waals surface area contributed by atoms with Gasteiger partial charge in [-0.1, -0.05) is 45.9 Å². The second-order valence-electron chi connectivity index (χ2n) is 9.79. The number of hydrogen-bond acceptors (Lipinski definition) is 2. The lowest BCUT2D eigenvalue weighted by molar-refractivity contribution is -0.131. The topological polar surface area (TPSA) is 40.5 Å². The third kappa shape index (κ3) is 4.34. The van der Waals surface area contributed by atoms with E-state index < -0.39 is 5.97 Å². The average molecular weight is 394 g/mol. The highest BCUT2D eigenvalue weighted by molar-refractivity contribution is 5.83. The van der Waals surface area contributed by atoms with Gasteiger partial charge in [-0.15, -0.1) is 0 Å². The first kappa shape index (κ1) is 21.4. The largest absolute Gasteiger partial charge is 0.478 e. The van der Waals surface area contributed by atoms with Crippen molar-refractivity contribution >= 4 is 17.2 Å². The molecule has 2 aliphatic rings. The van der Waals surface area contributed by atoms with Crippen LogP contribution in [0.5, 0.6) is 0 Å². The average Bonchev–Trinajstić information content (AvgIpc) is 2.64. The summed E-state index contributed by atoms with van der Waals surface area (Å²) in [6.07, 6.45) is 10.7. The van der Waals surface area contributed by atoms with Crippen LogP contribution in [-0.2, 0) is 15.6 Å². The SMILES string of the molecule is CCN1CC\C(=C/C=C/C(C)=C/C(=O)O)c2cc3c(cc21)C(C)(C)CCC3(C)C. The fourth-order valence-electron chi connectivity index (χ4n) is 4.69. The zero-order valence-electron chi connectivity index (χ0n) is 18.8. The van der Waals surface area contributed by atoms with E-state index in [0.717, 1.165) is 25.1 Å². The van der Waals surface area contributed by atoms with E-state index in [9.17, 15) is 4.79 Å². The van der Waals surface area contributed by atoms with Crippen LogP contribution in [0, 0.1) is 0 Å². The lowest BCUT2D eigenvalue weighted by atomic mass is 9.62. The monoisotopic (exact) mass is 393 g/mol. The number of carboxylic acids is 1. The highest BCUT2D eigenvalue weighted by atomic mass is 16.4. The van der Waals surface area contributed by atoms with Gasteiger partial charge in [0.15, 0.2) is 0 Å². The molecule has 3 rings (SSSR count). The Morgan fingerprint density at radius 3 is 2.34 bits per heavy atom. The van der Waals surface area contributed by atoms with E-state index in [0.29, 0.717) is 0 Å². The van der Waals surface area contributed by atoms with Crippen LogP contribution in [-0.4, -0.2) is 24.2 Å². The van der Waals surface area contributed by atoms with Crippen molar-refractivity contribution in [3.8, 4) is 0 Å². The van der Waals surface area contributed by atoms with E-state index in [-0.39, 0.29) is 10.8 Å². The summed E-state index contributed by atoms with van der Waals surface area (Å²) in [4.78, 5) is 13.3. The molecule has 1 aliphatic heterocycles. The molecule has 0 bridgehead atoms. The number of aliphatic carboxylic acids is 1. The van der Waals surface area contributed by atoms with Gasteiger partial charge < -0.3 is 10.0 Å². The molecule has 3 heteroatoms. The van der Waals surface area contributed by atoms with Gasteiger partial charge in [0, 0.05) is 30.4 Å². The molecule has 0 unspecified atom stereocenters. The quantitative estimate of drug-likeness (QED) is 0.486. The Balaban J connectivity index is 2.10. The standard InChI is InChI=1S/C26H35NO2/c1-7-27-14-11-19(10-8-9-18(2)15-24(28)29)20-16-21-22(17-23(20)27)26(5,6)13-12-25(21,3)4/h8-10,15-17H,7,11-14H2,1-6H3,(H,28,29)/b9-8+,18-15+,19-10+. The number of nitrogens with zero attached hydrogens (tertiary/aromatic N) is 1. The Labute approximate surface area is 175 Å². The first-order valence-corrected chi connectivity index (χ1v) is 10.8. The first-order chi connectivity index (χ1) is 13.5. The van der Waals surface area contributed by atoms with Crippen LogP contribution in [0.4, 0.5) is 5.69 Å². The molecule has 0 saturated carbocycles. The minimum absolute atomic E-state index is 0.191. The van der Waals surface area contributed by atoms with Gasteiger partial charge in [-0.05, 0) is 78.3 Å². The molecule has 29 heavy (non-hydrogen) atoms. The Bertz CT molecular complexity index is 900. The molecule has 0 aromatic heterocycles. The molecule has 1 heterocycles. The van der Waals surface area contributed by atoms with Crippen LogP contribution in [0.3, 0.4) is 0 Å². The van der Waals surface area contributed by atoms with Gasteiger partial charge in [0.25, 0.3) is 0 Å². The summed E-state index contributed by atoms with van der Waals surface area (Å²) in [6.45, 7) is 15.6. The van der Waals surface area contributed by atoms with Crippen LogP contribution in [0.15, 0.2) is 42.0 Å². The predicted octanol–water partition coefficient (Wildman–Crippen LogP) is 6.24. The highest BCUT2D eigenvalue weighted by Crippen LogP contribution is 2.49. The van der Waals surface area contributed by atoms with Crippen LogP contribution >= 0.6 is 0 Å². The van der Waals surface area contributed by atoms with E-state index in [1.54, 1.807) is 0 Å². The highest BCUT2D eigenvalue weighted by Gasteiger charge is 2.38. The number of carboxylic acid groups (broad SMARTS) is 1. The third-order valence-corrected chi connectivity index (χ3v) is 6.70. The zero-order valence-corrected chi connectivity index (χ0v) is 18.8. The predicted molar refractivity (Wildman–Crippen MR) is 123 cm³/mol. The van der Waals surface area contributed by atoms with Crippen molar-refractivity contribution in [3.05, 3.63) is 58.7 Å². The molecule has 156 valence electrons. The molecule has 3 nitrogen and oxygen atoms in total. The molecule has 1 aromatic rings. The van der Waals surface area contributed by atoms with Gasteiger partial charge in [0.1, 0.15) is 0 Å². The molecular weight excluding hydrogens is 358 g/mol. The maximum atomic E-state index is 10.8. The Morgan fingerprint density at radius 1 is 1.14 bits per heavy atom. The fourth-order valence-corrected chi connectivity index (χ4v) is 4.69. The maximum Gasteiger partial charge on any atom is 0.328 e. The van der Waals surface area contributed by atoms with Crippen LogP contribution < -0.4 is 4.90 Å². The van der Waals surface area contributed by atoms with E-state index in [4.69, 9.17) is 5.11 Å². The Kier molecular flexibility index (Phi) is 5.80. The number of benzene rings is 1. The van der Waals surface area contributed by atoms with Crippen molar-refractivity contribution in [1.82, 2.24) is 0 Å². The molecule has 0 spiro atoms. The van der Waals surface area contributed by atoms with Crippen LogP contribution in [0.25, 0.3) is 5.57 Å². The number of anilines is 1. The summed E-state index contributed by atoms with van der Waals surface area (Å²) in [6, 6.07) is 4.91. The van der Waals surface area contributed by atoms with Crippen molar-refractivity contribution in [2.75, 3.05) is 18.0 Å². The number of carbonyl (C=O) groups is 1. The van der Waals surface area contributed by atoms with Crippen LogP contribution in [0.2, 0.25) is 0 Å². The molecule has 1 aliphatic carbocycles. The summed E-state index contributed by atoms with van der Waals surface area (Å²) in [5.74, 6) is -0.905. The summed E-state index contributed by atoms with van der Waals surface area (Å²) in [7, 11) is 0. The summed E-state index contributed by atoms with van der Waals surface area (Å²) in [5.41, 5.74) is 8.16. The second-order valence-corrected chi connectivity index (χ2v) is 9.79. The van der Waals surface area contributed by atoms with Crippen molar-refractivity contribution in [1.29, 1.82) is 0 Å². The van der Waals surface area contributed by atoms with Crippen molar-refractivity contribution < 1.29 is 9.90 Å². The van der Waals surface area contributed by atoms with Gasteiger partial charge in [-0.25, -0.2) is 4.79 Å². The molecule has 0 radical (unpaired) electrons. The number of allylic oxidation sites excluding steroid dienone is 4. The van der Waals surface area contributed by atoms with Gasteiger partial charge >= 0.3 is 5.97 Å². The summed E-state index contributed by atoms with van der Waals surface area (Å²) in [5, 5.41) is 8.89. The first-order valence-electron chi connectivity index (χ1n) is 10.8. The number of fused-ring (bicyclic) bond motifs is 2. The van der Waals surface area contributed by atoms with E-state index in [1.165, 1.54) is 46.9 Å². The second kappa shape index (κ2) is 7.85. The number of rotatable bonds is 4. The van der Waals surface area contributed by atoms with Gasteiger partial charge in [0.2, 0.25) is 0 Å². The van der Waals surface area contributed by atoms with E-state index >= 15 is 0 Å². The van der Waals surface area contributed by atoms with Crippen molar-refractivity contribution in [2.24, 2.45) is 0 Å². The maximum absolute atomic E-state index is 10.8. The molecular formula is C26H35NO2. The smallest absolute Gasteiger partial charge is 0.328 e. The minimum Gasteiger partial charge on any atom is -0.478 e.